The number of aromatic nitrogens is 4. The first-order chi connectivity index (χ1) is 14.0. The second-order valence-corrected chi connectivity index (χ2v) is 6.62. The van der Waals surface area contributed by atoms with E-state index >= 15 is 0 Å². The van der Waals surface area contributed by atoms with Gasteiger partial charge in [0.05, 0.1) is 18.9 Å². The molecule has 2 amide bonds. The number of urea groups is 1. The van der Waals surface area contributed by atoms with Crippen molar-refractivity contribution in [3.05, 3.63) is 29.9 Å². The largest absolute Gasteiger partial charge is 0.480 e. The summed E-state index contributed by atoms with van der Waals surface area (Å²) in [5.74, 6) is -0.566. The third-order valence-corrected chi connectivity index (χ3v) is 4.30. The lowest BCUT2D eigenvalue weighted by Crippen LogP contribution is -2.45. The average molecular weight is 408 g/mol. The summed E-state index contributed by atoms with van der Waals surface area (Å²) in [5.41, 5.74) is 12.4. The number of hydrogen-bond donors (Lipinski definition) is 6. The third-order valence-electron chi connectivity index (χ3n) is 4.30. The van der Waals surface area contributed by atoms with Gasteiger partial charge in [-0.2, -0.15) is 4.98 Å². The molecule has 0 aliphatic heterocycles. The second-order valence-electron chi connectivity index (χ2n) is 6.62. The number of aliphatic carboxylic acids is 1. The number of nitrogens with two attached hydrogens (primary N) is 2. The molecule has 0 bridgehead atoms. The van der Waals surface area contributed by atoms with Crippen molar-refractivity contribution in [2.45, 2.75) is 57.2 Å². The van der Waals surface area contributed by atoms with E-state index in [4.69, 9.17) is 16.0 Å². The van der Waals surface area contributed by atoms with Crippen LogP contribution in [0.2, 0.25) is 0 Å². The van der Waals surface area contributed by atoms with Crippen molar-refractivity contribution in [3.8, 4) is 0 Å². The van der Waals surface area contributed by atoms with Gasteiger partial charge in [-0.3, -0.25) is 0 Å². The lowest BCUT2D eigenvalue weighted by molar-refractivity contribution is -0.139. The van der Waals surface area contributed by atoms with E-state index < -0.39 is 24.1 Å². The highest BCUT2D eigenvalue weighted by atomic mass is 16.5. The lowest BCUT2D eigenvalue weighted by atomic mass is 10.1. The number of carbonyl (C=O) groups is 2. The Morgan fingerprint density at radius 3 is 2.79 bits per heavy atom. The number of amides is 2. The Morgan fingerprint density at radius 1 is 1.28 bits per heavy atom. The summed E-state index contributed by atoms with van der Waals surface area (Å²) in [6.45, 7) is 0.524. The monoisotopic (exact) mass is 408 g/mol. The molecule has 2 heterocycles. The van der Waals surface area contributed by atoms with Crippen LogP contribution in [0, 0.1) is 0 Å². The minimum absolute atomic E-state index is 0.0361. The number of unbranched alkanes of at least 4 members (excludes halogenated alkanes) is 2. The lowest BCUT2D eigenvalue weighted by Gasteiger charge is -2.14. The summed E-state index contributed by atoms with van der Waals surface area (Å²) in [5, 5.41) is 18.0. The predicted octanol–water partition coefficient (Wildman–Crippen LogP) is 0.197. The Bertz CT molecular complexity index is 748. The predicted molar refractivity (Wildman–Crippen MR) is 102 cm³/mol. The van der Waals surface area contributed by atoms with E-state index in [0.29, 0.717) is 38.1 Å². The molecule has 2 aromatic rings. The molecule has 2 aromatic heterocycles. The number of imidazole rings is 1. The Labute approximate surface area is 167 Å². The maximum atomic E-state index is 12.0. The van der Waals surface area contributed by atoms with Crippen LogP contribution >= 0.6 is 0 Å². The molecule has 0 aliphatic carbocycles. The van der Waals surface area contributed by atoms with Crippen molar-refractivity contribution in [2.24, 2.45) is 11.5 Å². The molecule has 0 saturated heterocycles. The number of carboxylic acids is 1. The Hall–Kier alpha value is -2.99. The van der Waals surface area contributed by atoms with Crippen LogP contribution in [0.15, 0.2) is 17.0 Å². The summed E-state index contributed by atoms with van der Waals surface area (Å²) in [7, 11) is 0. The fraction of sp³-hybridized carbons (Fsp3) is 0.588. The van der Waals surface area contributed by atoms with Crippen LogP contribution in [0.3, 0.4) is 0 Å². The van der Waals surface area contributed by atoms with Crippen molar-refractivity contribution in [2.75, 3.05) is 6.54 Å². The van der Waals surface area contributed by atoms with Crippen molar-refractivity contribution in [3.63, 3.8) is 0 Å². The maximum absolute atomic E-state index is 12.0. The highest BCUT2D eigenvalue weighted by Crippen LogP contribution is 2.13. The molecule has 12 heteroatoms. The number of carbonyl (C=O) groups excluding carboxylic acids is 1. The molecule has 0 aliphatic rings. The minimum Gasteiger partial charge on any atom is -0.480 e. The molecule has 2 rings (SSSR count). The molecule has 160 valence electrons. The third kappa shape index (κ3) is 7.87. The number of hydrogen-bond acceptors (Lipinski definition) is 8. The van der Waals surface area contributed by atoms with Gasteiger partial charge in [0.1, 0.15) is 6.04 Å². The molecule has 0 spiro atoms. The molecule has 2 atom stereocenters. The Morgan fingerprint density at radius 2 is 2.10 bits per heavy atom. The van der Waals surface area contributed by atoms with Crippen LogP contribution in [0.4, 0.5) is 4.79 Å². The SMILES string of the molecule is NCCCCC[C@H](NC(=O)NCc1nc([C@@H](N)CCc2cnc[nH]2)no1)C(=O)O. The molecule has 0 unspecified atom stereocenters. The van der Waals surface area contributed by atoms with Crippen molar-refractivity contribution >= 4 is 12.0 Å². The number of H-pyrrole nitrogens is 1. The molecular formula is C17H28N8O4. The van der Waals surface area contributed by atoms with Crippen LogP contribution in [0.25, 0.3) is 0 Å². The quantitative estimate of drug-likeness (QED) is 0.250. The van der Waals surface area contributed by atoms with E-state index in [9.17, 15) is 14.7 Å². The zero-order valence-electron chi connectivity index (χ0n) is 16.1. The van der Waals surface area contributed by atoms with E-state index in [-0.39, 0.29) is 12.4 Å². The molecule has 0 saturated carbocycles. The second kappa shape index (κ2) is 11.8. The topological polar surface area (TPSA) is 198 Å². The molecule has 29 heavy (non-hydrogen) atoms. The molecule has 0 fully saturated rings. The van der Waals surface area contributed by atoms with E-state index in [1.165, 1.54) is 0 Å². The van der Waals surface area contributed by atoms with Gasteiger partial charge < -0.3 is 36.7 Å². The van der Waals surface area contributed by atoms with E-state index in [1.54, 1.807) is 12.5 Å². The van der Waals surface area contributed by atoms with Gasteiger partial charge in [-0.15, -0.1) is 0 Å². The molecule has 0 radical (unpaired) electrons. The highest BCUT2D eigenvalue weighted by Gasteiger charge is 2.20. The molecule has 0 aromatic carbocycles. The van der Waals surface area contributed by atoms with Crippen LogP contribution in [0.1, 0.15) is 55.6 Å². The number of aromatic amines is 1. The minimum atomic E-state index is -1.09. The Balaban J connectivity index is 1.74. The van der Waals surface area contributed by atoms with Gasteiger partial charge in [-0.25, -0.2) is 14.6 Å². The number of nitrogens with one attached hydrogen (secondary N) is 3. The summed E-state index contributed by atoms with van der Waals surface area (Å²) in [4.78, 5) is 34.3. The first kappa shape index (κ1) is 22.3. The number of rotatable bonds is 13. The van der Waals surface area contributed by atoms with Crippen LogP contribution < -0.4 is 22.1 Å². The van der Waals surface area contributed by atoms with Gasteiger partial charge in [-0.05, 0) is 32.2 Å². The van der Waals surface area contributed by atoms with Crippen molar-refractivity contribution in [1.29, 1.82) is 0 Å². The smallest absolute Gasteiger partial charge is 0.326 e. The van der Waals surface area contributed by atoms with Gasteiger partial charge in [0.25, 0.3) is 0 Å². The summed E-state index contributed by atoms with van der Waals surface area (Å²) in [6, 6.07) is -2.02. The molecular weight excluding hydrogens is 380 g/mol. The standard InChI is InChI=1S/C17H28N8O4/c18-7-3-1-2-4-13(16(26)27)23-17(28)21-9-14-24-15(25-29-14)12(19)6-5-11-8-20-10-22-11/h8,10,12-13H,1-7,9,18-19H2,(H,20,22)(H,26,27)(H2,21,23,28)/t12-,13-/m0/s1. The van der Waals surface area contributed by atoms with Crippen molar-refractivity contribution in [1.82, 2.24) is 30.7 Å². The van der Waals surface area contributed by atoms with Gasteiger partial charge in [0.15, 0.2) is 5.82 Å². The number of aryl methyl sites for hydroxylation is 1. The highest BCUT2D eigenvalue weighted by molar-refractivity contribution is 5.82. The first-order valence-corrected chi connectivity index (χ1v) is 9.52. The molecule has 8 N–H and O–H groups in total. The van der Waals surface area contributed by atoms with Crippen LogP contribution in [-0.2, 0) is 17.8 Å². The van der Waals surface area contributed by atoms with Gasteiger partial charge in [0, 0.05) is 11.9 Å². The zero-order valence-corrected chi connectivity index (χ0v) is 16.1. The van der Waals surface area contributed by atoms with Crippen LogP contribution in [-0.4, -0.2) is 49.8 Å². The number of carboxylic acid groups (broad SMARTS) is 1. The first-order valence-electron chi connectivity index (χ1n) is 9.52. The van der Waals surface area contributed by atoms with Crippen molar-refractivity contribution < 1.29 is 19.2 Å². The van der Waals surface area contributed by atoms with Gasteiger partial charge >= 0.3 is 12.0 Å². The van der Waals surface area contributed by atoms with Crippen LogP contribution in [0.5, 0.6) is 0 Å². The van der Waals surface area contributed by atoms with E-state index in [1.807, 2.05) is 0 Å². The maximum Gasteiger partial charge on any atom is 0.326 e. The molecule has 12 nitrogen and oxygen atoms in total. The van der Waals surface area contributed by atoms with Gasteiger partial charge in [0.2, 0.25) is 5.89 Å². The average Bonchev–Trinajstić information content (AvgIpc) is 3.38. The van der Waals surface area contributed by atoms with E-state index in [2.05, 4.69) is 30.7 Å². The zero-order chi connectivity index (χ0) is 21.1. The summed E-state index contributed by atoms with van der Waals surface area (Å²) >= 11 is 0. The normalized spacial score (nSPS) is 13.0. The summed E-state index contributed by atoms with van der Waals surface area (Å²) in [6.07, 6.45) is 7.24. The fourth-order valence-electron chi connectivity index (χ4n) is 2.64. The fourth-order valence-corrected chi connectivity index (χ4v) is 2.64. The Kier molecular flexibility index (Phi) is 9.05. The number of nitrogens with zero attached hydrogens (tertiary/aromatic N) is 3. The summed E-state index contributed by atoms with van der Waals surface area (Å²) < 4.78 is 5.09. The van der Waals surface area contributed by atoms with E-state index in [0.717, 1.165) is 18.5 Å². The van der Waals surface area contributed by atoms with Gasteiger partial charge in [-0.1, -0.05) is 18.0 Å².